The number of ether oxygens (including phenoxy) is 2. The summed E-state index contributed by atoms with van der Waals surface area (Å²) >= 11 is 0. The third-order valence-electron chi connectivity index (χ3n) is 5.19. The third kappa shape index (κ3) is 3.95. The van der Waals surface area contributed by atoms with Crippen LogP contribution >= 0.6 is 0 Å². The molecule has 5 rings (SSSR count). The number of hydrogen-bond acceptors (Lipinski definition) is 7. The van der Waals surface area contributed by atoms with Gasteiger partial charge in [0, 0.05) is 22.7 Å². The lowest BCUT2D eigenvalue weighted by Gasteiger charge is -2.08. The van der Waals surface area contributed by atoms with Gasteiger partial charge < -0.3 is 19.2 Å². The van der Waals surface area contributed by atoms with Crippen LogP contribution in [0.5, 0.6) is 11.6 Å². The second kappa shape index (κ2) is 8.70. The van der Waals surface area contributed by atoms with E-state index >= 15 is 0 Å². The second-order valence-corrected chi connectivity index (χ2v) is 7.39. The summed E-state index contributed by atoms with van der Waals surface area (Å²) in [5, 5.41) is 7.67. The van der Waals surface area contributed by atoms with Crippen LogP contribution in [0.2, 0.25) is 0 Å². The average Bonchev–Trinajstić information content (AvgIpc) is 3.28. The first kappa shape index (κ1) is 21.2. The Morgan fingerprint density at radius 3 is 2.79 bits per heavy atom. The predicted molar refractivity (Wildman–Crippen MR) is 127 cm³/mol. The Morgan fingerprint density at radius 1 is 1.12 bits per heavy atom. The molecule has 1 amide bonds. The van der Waals surface area contributed by atoms with E-state index < -0.39 is 11.5 Å². The fourth-order valence-electron chi connectivity index (χ4n) is 3.61. The van der Waals surface area contributed by atoms with E-state index in [0.717, 1.165) is 5.56 Å². The minimum absolute atomic E-state index is 0.101. The fourth-order valence-corrected chi connectivity index (χ4v) is 3.61. The summed E-state index contributed by atoms with van der Waals surface area (Å²) in [7, 11) is 1.55. The minimum Gasteiger partial charge on any atom is -0.490 e. The molecular weight excluding hydrogens is 436 g/mol. The number of anilines is 1. The van der Waals surface area contributed by atoms with E-state index in [0.29, 0.717) is 46.2 Å². The summed E-state index contributed by atoms with van der Waals surface area (Å²) in [6, 6.07) is 17.4. The zero-order valence-electron chi connectivity index (χ0n) is 18.4. The van der Waals surface area contributed by atoms with E-state index in [1.54, 1.807) is 66.4 Å². The molecule has 9 heteroatoms. The molecule has 2 aromatic carbocycles. The Labute approximate surface area is 193 Å². The Bertz CT molecular complexity index is 1590. The van der Waals surface area contributed by atoms with Gasteiger partial charge in [0.1, 0.15) is 5.56 Å². The molecule has 0 aliphatic rings. The Balaban J connectivity index is 1.44. The molecule has 5 aromatic rings. The standard InChI is InChI=1S/C25H20N4O5/c1-3-33-20-9-5-7-16-13-18(25(31)34-23(16)20)24(30)26-17-8-4-6-15(12-17)19-14-29-21(27-19)10-11-22(28-29)32-2/h4-14H,3H2,1-2H3,(H,26,30). The highest BCUT2D eigenvalue weighted by atomic mass is 16.5. The number of nitrogens with zero attached hydrogens (tertiary/aromatic N) is 3. The maximum Gasteiger partial charge on any atom is 0.349 e. The van der Waals surface area contributed by atoms with Gasteiger partial charge in [0.15, 0.2) is 17.0 Å². The van der Waals surface area contributed by atoms with Crippen LogP contribution in [0, 0.1) is 0 Å². The first-order valence-electron chi connectivity index (χ1n) is 10.6. The van der Waals surface area contributed by atoms with Gasteiger partial charge in [-0.2, -0.15) is 0 Å². The number of carbonyl (C=O) groups is 1. The van der Waals surface area contributed by atoms with Crippen molar-refractivity contribution in [3.63, 3.8) is 0 Å². The number of rotatable bonds is 6. The molecule has 0 radical (unpaired) electrons. The number of imidazole rings is 1. The average molecular weight is 456 g/mol. The van der Waals surface area contributed by atoms with Crippen LogP contribution < -0.4 is 20.4 Å². The molecule has 0 unspecified atom stereocenters. The van der Waals surface area contributed by atoms with Crippen LogP contribution in [-0.2, 0) is 0 Å². The third-order valence-corrected chi connectivity index (χ3v) is 5.19. The van der Waals surface area contributed by atoms with Crippen molar-refractivity contribution in [1.29, 1.82) is 0 Å². The van der Waals surface area contributed by atoms with E-state index in [9.17, 15) is 9.59 Å². The highest BCUT2D eigenvalue weighted by molar-refractivity contribution is 6.05. The van der Waals surface area contributed by atoms with Gasteiger partial charge in [0.05, 0.1) is 25.6 Å². The van der Waals surface area contributed by atoms with Crippen molar-refractivity contribution in [2.24, 2.45) is 0 Å². The van der Waals surface area contributed by atoms with Gasteiger partial charge in [0.25, 0.3) is 5.91 Å². The Morgan fingerprint density at radius 2 is 1.97 bits per heavy atom. The maximum absolute atomic E-state index is 12.9. The summed E-state index contributed by atoms with van der Waals surface area (Å²) < 4.78 is 17.7. The molecule has 0 saturated heterocycles. The minimum atomic E-state index is -0.742. The lowest BCUT2D eigenvalue weighted by atomic mass is 10.1. The molecule has 0 aliphatic heterocycles. The quantitative estimate of drug-likeness (QED) is 0.382. The summed E-state index contributed by atoms with van der Waals surface area (Å²) in [5.74, 6) is 0.354. The van der Waals surface area contributed by atoms with Gasteiger partial charge in [-0.25, -0.2) is 14.3 Å². The number of hydrogen-bond donors (Lipinski definition) is 1. The molecule has 170 valence electrons. The SMILES string of the molecule is CCOc1cccc2cc(C(=O)Nc3cccc(-c4cn5nc(OC)ccc5n4)c3)c(=O)oc12. The highest BCUT2D eigenvalue weighted by Gasteiger charge is 2.16. The van der Waals surface area contributed by atoms with Gasteiger partial charge in [-0.15, -0.1) is 5.10 Å². The van der Waals surface area contributed by atoms with Crippen molar-refractivity contribution in [3.8, 4) is 22.9 Å². The molecule has 0 spiro atoms. The van der Waals surface area contributed by atoms with Crippen LogP contribution in [0.15, 0.2) is 76.1 Å². The number of methoxy groups -OCH3 is 1. The second-order valence-electron chi connectivity index (χ2n) is 7.39. The lowest BCUT2D eigenvalue weighted by Crippen LogP contribution is -2.20. The number of fused-ring (bicyclic) bond motifs is 2. The van der Waals surface area contributed by atoms with Crippen molar-refractivity contribution >= 4 is 28.2 Å². The Kier molecular flexibility index (Phi) is 5.43. The molecule has 0 bridgehead atoms. The molecule has 34 heavy (non-hydrogen) atoms. The van der Waals surface area contributed by atoms with Crippen molar-refractivity contribution in [2.75, 3.05) is 19.0 Å². The summed E-state index contributed by atoms with van der Waals surface area (Å²) in [4.78, 5) is 30.0. The highest BCUT2D eigenvalue weighted by Crippen LogP contribution is 2.26. The predicted octanol–water partition coefficient (Wildman–Crippen LogP) is 4.16. The number of aromatic nitrogens is 3. The van der Waals surface area contributed by atoms with Crippen LogP contribution in [0.1, 0.15) is 17.3 Å². The number of para-hydroxylation sites is 1. The van der Waals surface area contributed by atoms with E-state index in [1.807, 2.05) is 13.0 Å². The molecule has 0 atom stereocenters. The topological polar surface area (TPSA) is 108 Å². The zero-order valence-corrected chi connectivity index (χ0v) is 18.4. The van der Waals surface area contributed by atoms with Crippen molar-refractivity contribution < 1.29 is 18.7 Å². The number of benzene rings is 2. The monoisotopic (exact) mass is 456 g/mol. The molecule has 1 N–H and O–H groups in total. The largest absolute Gasteiger partial charge is 0.490 e. The van der Waals surface area contributed by atoms with Crippen LogP contribution in [0.25, 0.3) is 27.9 Å². The van der Waals surface area contributed by atoms with Crippen LogP contribution in [0.4, 0.5) is 5.69 Å². The summed E-state index contributed by atoms with van der Waals surface area (Å²) in [5.41, 5.74) is 2.08. The van der Waals surface area contributed by atoms with Gasteiger partial charge in [-0.05, 0) is 37.3 Å². The first-order chi connectivity index (χ1) is 16.6. The summed E-state index contributed by atoms with van der Waals surface area (Å²) in [6.07, 6.45) is 1.77. The molecule has 0 fully saturated rings. The molecule has 3 heterocycles. The van der Waals surface area contributed by atoms with Crippen molar-refractivity contribution in [2.45, 2.75) is 6.92 Å². The Hall–Kier alpha value is -4.66. The number of carbonyl (C=O) groups excluding carboxylic acids is 1. The molecule has 0 aliphatic carbocycles. The van der Waals surface area contributed by atoms with Crippen molar-refractivity contribution in [1.82, 2.24) is 14.6 Å². The van der Waals surface area contributed by atoms with Gasteiger partial charge in [-0.1, -0.05) is 24.3 Å². The smallest absolute Gasteiger partial charge is 0.349 e. The molecule has 0 saturated carbocycles. The normalized spacial score (nSPS) is 11.0. The van der Waals surface area contributed by atoms with E-state index in [2.05, 4.69) is 15.4 Å². The van der Waals surface area contributed by atoms with E-state index in [1.165, 1.54) is 6.07 Å². The van der Waals surface area contributed by atoms with Gasteiger partial charge in [-0.3, -0.25) is 4.79 Å². The van der Waals surface area contributed by atoms with Crippen LogP contribution in [0.3, 0.4) is 0 Å². The molecule has 9 nitrogen and oxygen atoms in total. The van der Waals surface area contributed by atoms with Gasteiger partial charge in [0.2, 0.25) is 5.88 Å². The number of amides is 1. The summed E-state index contributed by atoms with van der Waals surface area (Å²) in [6.45, 7) is 2.27. The first-order valence-corrected chi connectivity index (χ1v) is 10.6. The fraction of sp³-hybridized carbons (Fsp3) is 0.120. The maximum atomic E-state index is 12.9. The number of nitrogens with one attached hydrogen (secondary N) is 1. The van der Waals surface area contributed by atoms with Crippen molar-refractivity contribution in [3.05, 3.63) is 82.8 Å². The molecule has 3 aromatic heterocycles. The lowest BCUT2D eigenvalue weighted by molar-refractivity contribution is 0.102. The van der Waals surface area contributed by atoms with Gasteiger partial charge >= 0.3 is 5.63 Å². The van der Waals surface area contributed by atoms with Crippen LogP contribution in [-0.4, -0.2) is 34.2 Å². The van der Waals surface area contributed by atoms with E-state index in [4.69, 9.17) is 13.9 Å². The van der Waals surface area contributed by atoms with E-state index in [-0.39, 0.29) is 5.56 Å². The molecular formula is C25H20N4O5. The zero-order chi connectivity index (χ0) is 23.7.